The van der Waals surface area contributed by atoms with Gasteiger partial charge in [0.05, 0.1) is 17.2 Å². The zero-order valence-electron chi connectivity index (χ0n) is 8.39. The Morgan fingerprint density at radius 2 is 2.13 bits per heavy atom. The normalized spacial score (nSPS) is 18.4. The Morgan fingerprint density at radius 3 is 2.60 bits per heavy atom. The Morgan fingerprint density at radius 1 is 1.47 bits per heavy atom. The molecule has 2 nitrogen and oxygen atoms in total. The van der Waals surface area contributed by atoms with Gasteiger partial charge in [0.25, 0.3) is 0 Å². The van der Waals surface area contributed by atoms with E-state index in [1.165, 1.54) is 19.2 Å². The van der Waals surface area contributed by atoms with Gasteiger partial charge in [-0.3, -0.25) is 0 Å². The summed E-state index contributed by atoms with van der Waals surface area (Å²) < 4.78 is 19.0. The van der Waals surface area contributed by atoms with E-state index in [1.54, 1.807) is 0 Å². The first kappa shape index (κ1) is 10.9. The third-order valence-electron chi connectivity index (χ3n) is 2.89. The van der Waals surface area contributed by atoms with E-state index in [9.17, 15) is 9.50 Å². The molecule has 15 heavy (non-hydrogen) atoms. The van der Waals surface area contributed by atoms with Crippen molar-refractivity contribution in [2.24, 2.45) is 0 Å². The second-order valence-corrected chi connectivity index (χ2v) is 4.71. The van der Waals surface area contributed by atoms with Gasteiger partial charge in [-0.1, -0.05) is 0 Å². The highest BCUT2D eigenvalue weighted by Gasteiger charge is 2.39. The van der Waals surface area contributed by atoms with Crippen LogP contribution in [0.2, 0.25) is 0 Å². The van der Waals surface area contributed by atoms with Crippen LogP contribution in [0.4, 0.5) is 4.39 Å². The standard InChI is InChI=1S/C11H12BrFO2/c1-15-10-8(11(14)3-2-4-11)5-7(13)6-9(10)12/h5-6,14H,2-4H2,1H3. The molecule has 2 rings (SSSR count). The number of ether oxygens (including phenoxy) is 1. The van der Waals surface area contributed by atoms with E-state index in [2.05, 4.69) is 15.9 Å². The van der Waals surface area contributed by atoms with Crippen LogP contribution in [0, 0.1) is 5.82 Å². The van der Waals surface area contributed by atoms with Crippen LogP contribution in [0.25, 0.3) is 0 Å². The van der Waals surface area contributed by atoms with Gasteiger partial charge in [-0.2, -0.15) is 0 Å². The van der Waals surface area contributed by atoms with Gasteiger partial charge in [-0.25, -0.2) is 4.39 Å². The largest absolute Gasteiger partial charge is 0.495 e. The molecule has 0 amide bonds. The van der Waals surface area contributed by atoms with Crippen LogP contribution in [0.5, 0.6) is 5.75 Å². The maximum Gasteiger partial charge on any atom is 0.139 e. The van der Waals surface area contributed by atoms with Gasteiger partial charge < -0.3 is 9.84 Å². The van der Waals surface area contributed by atoms with Gasteiger partial charge in [0.2, 0.25) is 0 Å². The molecular formula is C11H12BrFO2. The van der Waals surface area contributed by atoms with Crippen LogP contribution in [0.1, 0.15) is 24.8 Å². The van der Waals surface area contributed by atoms with Crippen LogP contribution in [-0.4, -0.2) is 12.2 Å². The average molecular weight is 275 g/mol. The topological polar surface area (TPSA) is 29.5 Å². The van der Waals surface area contributed by atoms with Crippen molar-refractivity contribution in [2.75, 3.05) is 7.11 Å². The molecule has 4 heteroatoms. The summed E-state index contributed by atoms with van der Waals surface area (Å²) in [6.07, 6.45) is 2.30. The Hall–Kier alpha value is -0.610. The molecular weight excluding hydrogens is 263 g/mol. The quantitative estimate of drug-likeness (QED) is 0.899. The smallest absolute Gasteiger partial charge is 0.139 e. The zero-order chi connectivity index (χ0) is 11.1. The molecule has 1 fully saturated rings. The fourth-order valence-corrected chi connectivity index (χ4v) is 2.49. The van der Waals surface area contributed by atoms with E-state index < -0.39 is 5.60 Å². The van der Waals surface area contributed by atoms with Gasteiger partial charge >= 0.3 is 0 Å². The van der Waals surface area contributed by atoms with Crippen LogP contribution in [0.3, 0.4) is 0 Å². The minimum Gasteiger partial charge on any atom is -0.495 e. The third kappa shape index (κ3) is 1.76. The fourth-order valence-electron chi connectivity index (χ4n) is 1.89. The molecule has 1 saturated carbocycles. The Labute approximate surface area is 96.2 Å². The molecule has 0 aromatic heterocycles. The van der Waals surface area contributed by atoms with E-state index in [0.29, 0.717) is 28.6 Å². The lowest BCUT2D eigenvalue weighted by Crippen LogP contribution is -2.34. The van der Waals surface area contributed by atoms with Crippen LogP contribution in [0.15, 0.2) is 16.6 Å². The molecule has 0 radical (unpaired) electrons. The first-order valence-corrected chi connectivity index (χ1v) is 5.62. The molecule has 0 bridgehead atoms. The number of benzene rings is 1. The predicted molar refractivity (Wildman–Crippen MR) is 58.4 cm³/mol. The molecule has 0 unspecified atom stereocenters. The highest BCUT2D eigenvalue weighted by molar-refractivity contribution is 9.10. The van der Waals surface area contributed by atoms with Gasteiger partial charge in [-0.05, 0) is 47.3 Å². The molecule has 1 N–H and O–H groups in total. The second-order valence-electron chi connectivity index (χ2n) is 3.85. The predicted octanol–water partition coefficient (Wildman–Crippen LogP) is 2.97. The number of methoxy groups -OCH3 is 1. The summed E-state index contributed by atoms with van der Waals surface area (Å²) in [5.74, 6) is 0.164. The van der Waals surface area contributed by atoms with Gasteiger partial charge in [0.1, 0.15) is 11.6 Å². The average Bonchev–Trinajstić information content (AvgIpc) is 2.13. The van der Waals surface area contributed by atoms with Crippen molar-refractivity contribution in [1.29, 1.82) is 0 Å². The monoisotopic (exact) mass is 274 g/mol. The van der Waals surface area contributed by atoms with Crippen LogP contribution < -0.4 is 4.74 Å². The number of hydrogen-bond acceptors (Lipinski definition) is 2. The van der Waals surface area contributed by atoms with Crippen molar-refractivity contribution in [1.82, 2.24) is 0 Å². The highest BCUT2D eigenvalue weighted by Crippen LogP contribution is 2.47. The molecule has 0 heterocycles. The SMILES string of the molecule is COc1c(Br)cc(F)cc1C1(O)CCC1. The van der Waals surface area contributed by atoms with E-state index in [0.717, 1.165) is 6.42 Å². The Bertz CT molecular complexity index is 388. The number of rotatable bonds is 2. The van der Waals surface area contributed by atoms with Crippen molar-refractivity contribution in [2.45, 2.75) is 24.9 Å². The molecule has 0 saturated heterocycles. The first-order valence-electron chi connectivity index (χ1n) is 4.83. The van der Waals surface area contributed by atoms with Crippen molar-refractivity contribution in [3.05, 3.63) is 28.0 Å². The zero-order valence-corrected chi connectivity index (χ0v) is 9.97. The van der Waals surface area contributed by atoms with Gasteiger partial charge in [0, 0.05) is 5.56 Å². The summed E-state index contributed by atoms with van der Waals surface area (Å²) in [5.41, 5.74) is -0.362. The maximum absolute atomic E-state index is 13.2. The lowest BCUT2D eigenvalue weighted by atomic mass is 9.75. The van der Waals surface area contributed by atoms with Crippen molar-refractivity contribution in [3.63, 3.8) is 0 Å². The molecule has 0 aliphatic heterocycles. The molecule has 1 aliphatic carbocycles. The lowest BCUT2D eigenvalue weighted by Gasteiger charge is -2.38. The first-order chi connectivity index (χ1) is 7.07. The van der Waals surface area contributed by atoms with Crippen LogP contribution in [-0.2, 0) is 5.60 Å². The van der Waals surface area contributed by atoms with E-state index in [1.807, 2.05) is 0 Å². The number of hydrogen-bond donors (Lipinski definition) is 1. The van der Waals surface area contributed by atoms with E-state index >= 15 is 0 Å². The summed E-state index contributed by atoms with van der Waals surface area (Å²) in [5, 5.41) is 10.2. The second kappa shape index (κ2) is 3.76. The highest BCUT2D eigenvalue weighted by atomic mass is 79.9. The fraction of sp³-hybridized carbons (Fsp3) is 0.455. The summed E-state index contributed by atoms with van der Waals surface area (Å²) >= 11 is 3.23. The Balaban J connectivity index is 2.53. The summed E-state index contributed by atoms with van der Waals surface area (Å²) in [6, 6.07) is 2.69. The lowest BCUT2D eigenvalue weighted by molar-refractivity contribution is -0.0407. The van der Waals surface area contributed by atoms with E-state index in [-0.39, 0.29) is 5.82 Å². The van der Waals surface area contributed by atoms with Gasteiger partial charge in [0.15, 0.2) is 0 Å². The Kier molecular flexibility index (Phi) is 2.73. The van der Waals surface area contributed by atoms with E-state index in [4.69, 9.17) is 4.74 Å². The molecule has 0 atom stereocenters. The van der Waals surface area contributed by atoms with Gasteiger partial charge in [-0.15, -0.1) is 0 Å². The molecule has 0 spiro atoms. The minimum absolute atomic E-state index is 0.363. The summed E-state index contributed by atoms with van der Waals surface area (Å²) in [4.78, 5) is 0. The molecule has 1 aromatic carbocycles. The molecule has 82 valence electrons. The third-order valence-corrected chi connectivity index (χ3v) is 3.48. The van der Waals surface area contributed by atoms with Crippen LogP contribution >= 0.6 is 15.9 Å². The number of halogens is 2. The number of aliphatic hydroxyl groups is 1. The van der Waals surface area contributed by atoms with Crippen molar-refractivity contribution < 1.29 is 14.2 Å². The summed E-state index contributed by atoms with van der Waals surface area (Å²) in [6.45, 7) is 0. The summed E-state index contributed by atoms with van der Waals surface area (Å²) in [7, 11) is 1.52. The van der Waals surface area contributed by atoms with Crippen molar-refractivity contribution >= 4 is 15.9 Å². The minimum atomic E-state index is -0.907. The molecule has 1 aliphatic rings. The molecule has 1 aromatic rings. The van der Waals surface area contributed by atoms with Crippen molar-refractivity contribution in [3.8, 4) is 5.75 Å². The maximum atomic E-state index is 13.2.